The molecule has 0 unspecified atom stereocenters. The van der Waals surface area contributed by atoms with E-state index in [1.54, 1.807) is 14.2 Å². The van der Waals surface area contributed by atoms with Gasteiger partial charge < -0.3 is 19.3 Å². The number of hydrogen-bond acceptors (Lipinski definition) is 7. The van der Waals surface area contributed by atoms with Gasteiger partial charge in [-0.05, 0) is 37.7 Å². The highest BCUT2D eigenvalue weighted by atomic mass is 32.1. The van der Waals surface area contributed by atoms with Crippen LogP contribution in [0.2, 0.25) is 0 Å². The Kier molecular flexibility index (Phi) is 5.26. The van der Waals surface area contributed by atoms with E-state index in [1.165, 1.54) is 11.3 Å². The van der Waals surface area contributed by atoms with Crippen LogP contribution in [0.3, 0.4) is 0 Å². The number of thiophene rings is 1. The van der Waals surface area contributed by atoms with Gasteiger partial charge in [0, 0.05) is 37.1 Å². The average Bonchev–Trinajstić information content (AvgIpc) is 3.08. The largest absolute Gasteiger partial charge is 0.493 e. The Bertz CT molecular complexity index is 1100. The Morgan fingerprint density at radius 3 is 2.45 bits per heavy atom. The van der Waals surface area contributed by atoms with Crippen molar-refractivity contribution in [3.63, 3.8) is 0 Å². The lowest BCUT2D eigenvalue weighted by molar-refractivity contribution is 0.312. The van der Waals surface area contributed by atoms with Gasteiger partial charge in [0.2, 0.25) is 5.00 Å². The number of hydrogen-bond donors (Lipinski definition) is 0. The minimum Gasteiger partial charge on any atom is -0.493 e. The normalized spacial score (nSPS) is 14.8. The highest BCUT2D eigenvalue weighted by molar-refractivity contribution is 7.22. The van der Waals surface area contributed by atoms with E-state index in [4.69, 9.17) is 26.0 Å². The SMILES string of the molecule is [C-]#[N+]c1sc2nc(-c3ccc(OC)c(OC)c3)nc(N3CCN(C)CC3)c2c1C. The van der Waals surface area contributed by atoms with Crippen LogP contribution >= 0.6 is 11.3 Å². The summed E-state index contributed by atoms with van der Waals surface area (Å²) in [6.45, 7) is 13.3. The van der Waals surface area contributed by atoms with E-state index in [0.29, 0.717) is 22.3 Å². The zero-order valence-electron chi connectivity index (χ0n) is 17.0. The van der Waals surface area contributed by atoms with Crippen molar-refractivity contribution in [1.82, 2.24) is 14.9 Å². The fraction of sp³-hybridized carbons (Fsp3) is 0.381. The van der Waals surface area contributed by atoms with Crippen LogP contribution in [0.15, 0.2) is 18.2 Å². The maximum absolute atomic E-state index is 7.51. The van der Waals surface area contributed by atoms with Gasteiger partial charge >= 0.3 is 0 Å². The predicted molar refractivity (Wildman–Crippen MR) is 117 cm³/mol. The molecule has 0 bridgehead atoms. The summed E-state index contributed by atoms with van der Waals surface area (Å²) in [5.74, 6) is 2.85. The quantitative estimate of drug-likeness (QED) is 0.608. The van der Waals surface area contributed by atoms with Gasteiger partial charge in [0.25, 0.3) is 0 Å². The molecule has 1 saturated heterocycles. The van der Waals surface area contributed by atoms with Crippen LogP contribution in [0.1, 0.15) is 5.56 Å². The van der Waals surface area contributed by atoms with Crippen molar-refractivity contribution in [2.45, 2.75) is 6.92 Å². The van der Waals surface area contributed by atoms with Crippen LogP contribution in [0.4, 0.5) is 10.8 Å². The van der Waals surface area contributed by atoms with Gasteiger partial charge in [0.1, 0.15) is 10.6 Å². The van der Waals surface area contributed by atoms with Gasteiger partial charge in [-0.2, -0.15) is 0 Å². The van der Waals surface area contributed by atoms with E-state index in [2.05, 4.69) is 21.7 Å². The lowest BCUT2D eigenvalue weighted by atomic mass is 10.1. The Balaban J connectivity index is 1.89. The number of aryl methyl sites for hydroxylation is 1. The Hall–Kier alpha value is -2.89. The molecule has 0 atom stereocenters. The molecule has 0 aliphatic carbocycles. The summed E-state index contributed by atoms with van der Waals surface area (Å²) in [7, 11) is 5.37. The summed E-state index contributed by atoms with van der Waals surface area (Å²) in [5.41, 5.74) is 1.82. The fourth-order valence-electron chi connectivity index (χ4n) is 3.56. The molecule has 0 N–H and O–H groups in total. The van der Waals surface area contributed by atoms with E-state index >= 15 is 0 Å². The third kappa shape index (κ3) is 3.48. The number of aromatic nitrogens is 2. The Labute approximate surface area is 174 Å². The van der Waals surface area contributed by atoms with Crippen LogP contribution in [0, 0.1) is 13.5 Å². The molecule has 4 rings (SSSR count). The lowest BCUT2D eigenvalue weighted by Gasteiger charge is -2.33. The predicted octanol–water partition coefficient (Wildman–Crippen LogP) is 3.99. The summed E-state index contributed by atoms with van der Waals surface area (Å²) in [4.78, 5) is 18.9. The first-order chi connectivity index (χ1) is 14.0. The smallest absolute Gasteiger partial charge is 0.246 e. The standard InChI is InChI=1S/C21H23N5O2S/c1-13-17-19(26-10-8-25(3)9-11-26)23-18(24-21(17)29-20(13)22-2)14-6-7-15(27-4)16(12-14)28-5/h6-7,12H,8-11H2,1,3-5H3. The molecule has 3 heterocycles. The summed E-state index contributed by atoms with van der Waals surface area (Å²) >= 11 is 1.43. The fourth-order valence-corrected chi connectivity index (χ4v) is 4.53. The number of nitrogens with zero attached hydrogens (tertiary/aromatic N) is 5. The second-order valence-corrected chi connectivity index (χ2v) is 8.03. The first-order valence-electron chi connectivity index (χ1n) is 9.40. The number of anilines is 1. The van der Waals surface area contributed by atoms with Crippen molar-refractivity contribution in [3.8, 4) is 22.9 Å². The number of rotatable bonds is 4. The number of fused-ring (bicyclic) bond motifs is 1. The summed E-state index contributed by atoms with van der Waals surface area (Å²) in [6, 6.07) is 5.69. The maximum atomic E-state index is 7.51. The van der Waals surface area contributed by atoms with Crippen molar-refractivity contribution >= 4 is 32.4 Å². The molecule has 2 aromatic heterocycles. The topological polar surface area (TPSA) is 55.1 Å². The molecule has 0 saturated carbocycles. The first-order valence-corrected chi connectivity index (χ1v) is 10.2. The van der Waals surface area contributed by atoms with Crippen LogP contribution in [0.5, 0.6) is 11.5 Å². The lowest BCUT2D eigenvalue weighted by Crippen LogP contribution is -2.45. The number of benzene rings is 1. The van der Waals surface area contributed by atoms with E-state index in [0.717, 1.165) is 53.3 Å². The molecule has 1 aromatic carbocycles. The van der Waals surface area contributed by atoms with Gasteiger partial charge in [-0.25, -0.2) is 14.8 Å². The molecular formula is C21H23N5O2S. The highest BCUT2D eigenvalue weighted by Gasteiger charge is 2.23. The molecule has 1 aliphatic rings. The van der Waals surface area contributed by atoms with Crippen LogP contribution in [0.25, 0.3) is 26.4 Å². The maximum Gasteiger partial charge on any atom is 0.246 e. The molecule has 8 heteroatoms. The van der Waals surface area contributed by atoms with Gasteiger partial charge in [-0.1, -0.05) is 0 Å². The molecule has 150 valence electrons. The van der Waals surface area contributed by atoms with E-state index < -0.39 is 0 Å². The van der Waals surface area contributed by atoms with Gasteiger partial charge in [-0.3, -0.25) is 0 Å². The molecule has 0 radical (unpaired) electrons. The zero-order valence-corrected chi connectivity index (χ0v) is 17.8. The number of piperazine rings is 1. The highest BCUT2D eigenvalue weighted by Crippen LogP contribution is 2.42. The third-order valence-electron chi connectivity index (χ3n) is 5.29. The average molecular weight is 410 g/mol. The van der Waals surface area contributed by atoms with E-state index in [9.17, 15) is 0 Å². The number of ether oxygens (including phenoxy) is 2. The van der Waals surface area contributed by atoms with Gasteiger partial charge in [0.05, 0.1) is 20.8 Å². The van der Waals surface area contributed by atoms with Crippen LogP contribution in [-0.2, 0) is 0 Å². The molecule has 0 amide bonds. The van der Waals surface area contributed by atoms with E-state index in [1.807, 2.05) is 25.1 Å². The summed E-state index contributed by atoms with van der Waals surface area (Å²) in [5, 5.41) is 1.67. The van der Waals surface area contributed by atoms with Gasteiger partial charge in [0.15, 0.2) is 17.3 Å². The Morgan fingerprint density at radius 1 is 1.07 bits per heavy atom. The molecule has 1 aliphatic heterocycles. The number of likely N-dealkylation sites (N-methyl/N-ethyl adjacent to an activating group) is 1. The first kappa shape index (κ1) is 19.4. The van der Waals surface area contributed by atoms with Crippen molar-refractivity contribution < 1.29 is 9.47 Å². The second kappa shape index (κ2) is 7.85. The van der Waals surface area contributed by atoms with Gasteiger partial charge in [-0.15, -0.1) is 11.3 Å². The Morgan fingerprint density at radius 2 is 1.79 bits per heavy atom. The van der Waals surface area contributed by atoms with Crippen molar-refractivity contribution in [2.75, 3.05) is 52.3 Å². The van der Waals surface area contributed by atoms with Crippen LogP contribution in [-0.4, -0.2) is 62.3 Å². The van der Waals surface area contributed by atoms with Crippen LogP contribution < -0.4 is 14.4 Å². The minimum atomic E-state index is 0.630. The molecule has 0 spiro atoms. The second-order valence-electron chi connectivity index (χ2n) is 7.06. The molecule has 3 aromatic rings. The molecule has 29 heavy (non-hydrogen) atoms. The molecule has 7 nitrogen and oxygen atoms in total. The minimum absolute atomic E-state index is 0.630. The summed E-state index contributed by atoms with van der Waals surface area (Å²) in [6.07, 6.45) is 0. The van der Waals surface area contributed by atoms with Crippen molar-refractivity contribution in [2.24, 2.45) is 0 Å². The third-order valence-corrected chi connectivity index (χ3v) is 6.37. The van der Waals surface area contributed by atoms with Crippen molar-refractivity contribution in [1.29, 1.82) is 0 Å². The van der Waals surface area contributed by atoms with E-state index in [-0.39, 0.29) is 0 Å². The van der Waals surface area contributed by atoms with Crippen molar-refractivity contribution in [3.05, 3.63) is 35.2 Å². The zero-order chi connectivity index (χ0) is 20.5. The summed E-state index contributed by atoms with van der Waals surface area (Å²) < 4.78 is 10.8. The molecular weight excluding hydrogens is 386 g/mol. The monoisotopic (exact) mass is 409 g/mol. The molecule has 1 fully saturated rings. The number of methoxy groups -OCH3 is 2.